The van der Waals surface area contributed by atoms with Crippen LogP contribution in [-0.4, -0.2) is 17.2 Å². The molecular weight excluding hydrogens is 220 g/mol. The first-order chi connectivity index (χ1) is 8.93. The average molecular weight is 236 g/mol. The first-order valence-electron chi connectivity index (χ1n) is 6.48. The summed E-state index contributed by atoms with van der Waals surface area (Å²) in [6.07, 6.45) is 7.39. The van der Waals surface area contributed by atoms with Crippen LogP contribution in [0.4, 0.5) is 0 Å². The molecule has 1 aromatic heterocycles. The van der Waals surface area contributed by atoms with Gasteiger partial charge < -0.3 is 0 Å². The number of hydrogen-bond acceptors (Lipinski definition) is 2. The Morgan fingerprint density at radius 2 is 1.67 bits per heavy atom. The van der Waals surface area contributed by atoms with E-state index in [1.807, 2.05) is 18.5 Å². The van der Waals surface area contributed by atoms with Crippen molar-refractivity contribution in [1.29, 1.82) is 0 Å². The zero-order valence-electron chi connectivity index (χ0n) is 10.3. The van der Waals surface area contributed by atoms with Crippen molar-refractivity contribution in [3.8, 4) is 11.1 Å². The summed E-state index contributed by atoms with van der Waals surface area (Å²) in [5.41, 5.74) is 4.77. The molecule has 0 fully saturated rings. The molecule has 0 unspecified atom stereocenters. The quantitative estimate of drug-likeness (QED) is 0.780. The van der Waals surface area contributed by atoms with Gasteiger partial charge in [0, 0.05) is 35.8 Å². The standard InChI is InChI=1S/C16H16N2/c1-2-6-13(7-3-1)14-10-15(12-17-11-14)16-8-4-5-9-18-16/h1-3,6-7,10-12H,4-5,8-9H2. The van der Waals surface area contributed by atoms with Gasteiger partial charge in [-0.3, -0.25) is 9.98 Å². The van der Waals surface area contributed by atoms with E-state index >= 15 is 0 Å². The predicted molar refractivity (Wildman–Crippen MR) is 74.9 cm³/mol. The van der Waals surface area contributed by atoms with E-state index in [0.717, 1.165) is 13.0 Å². The Hall–Kier alpha value is -1.96. The Bertz CT molecular complexity index is 558. The van der Waals surface area contributed by atoms with Crippen LogP contribution in [0.15, 0.2) is 53.8 Å². The van der Waals surface area contributed by atoms with Crippen molar-refractivity contribution in [2.45, 2.75) is 19.3 Å². The molecule has 18 heavy (non-hydrogen) atoms. The van der Waals surface area contributed by atoms with Gasteiger partial charge in [-0.15, -0.1) is 0 Å². The van der Waals surface area contributed by atoms with Crippen LogP contribution in [0, 0.1) is 0 Å². The van der Waals surface area contributed by atoms with E-state index in [1.54, 1.807) is 0 Å². The van der Waals surface area contributed by atoms with Crippen LogP contribution in [0.3, 0.4) is 0 Å². The van der Waals surface area contributed by atoms with Crippen molar-refractivity contribution in [1.82, 2.24) is 4.98 Å². The highest BCUT2D eigenvalue weighted by Gasteiger charge is 2.09. The molecule has 0 amide bonds. The number of hydrogen-bond donors (Lipinski definition) is 0. The lowest BCUT2D eigenvalue weighted by Crippen LogP contribution is -2.08. The van der Waals surface area contributed by atoms with E-state index in [2.05, 4.69) is 40.3 Å². The summed E-state index contributed by atoms with van der Waals surface area (Å²) in [7, 11) is 0. The third-order valence-corrected chi connectivity index (χ3v) is 3.30. The molecule has 0 bridgehead atoms. The summed E-state index contributed by atoms with van der Waals surface area (Å²) in [4.78, 5) is 8.97. The summed E-state index contributed by atoms with van der Waals surface area (Å²) in [5.74, 6) is 0. The first-order valence-corrected chi connectivity index (χ1v) is 6.48. The molecule has 1 aliphatic rings. The molecule has 0 saturated carbocycles. The van der Waals surface area contributed by atoms with Crippen LogP contribution in [-0.2, 0) is 0 Å². The number of pyridine rings is 1. The lowest BCUT2D eigenvalue weighted by molar-refractivity contribution is 0.738. The molecule has 0 spiro atoms. The Kier molecular flexibility index (Phi) is 3.18. The summed E-state index contributed by atoms with van der Waals surface area (Å²) in [6, 6.07) is 12.6. The lowest BCUT2D eigenvalue weighted by Gasteiger charge is -2.12. The highest BCUT2D eigenvalue weighted by Crippen LogP contribution is 2.21. The van der Waals surface area contributed by atoms with Crippen LogP contribution in [0.25, 0.3) is 11.1 Å². The van der Waals surface area contributed by atoms with Crippen molar-refractivity contribution >= 4 is 5.71 Å². The topological polar surface area (TPSA) is 25.2 Å². The van der Waals surface area contributed by atoms with Gasteiger partial charge in [0.05, 0.1) is 0 Å². The molecule has 3 rings (SSSR count). The molecule has 0 radical (unpaired) electrons. The van der Waals surface area contributed by atoms with Crippen molar-refractivity contribution < 1.29 is 0 Å². The van der Waals surface area contributed by atoms with Gasteiger partial charge in [-0.05, 0) is 30.9 Å². The SMILES string of the molecule is c1ccc(-c2cncc(C3=NCCCC3)c2)cc1. The minimum absolute atomic E-state index is 0.963. The molecule has 1 aromatic carbocycles. The Labute approximate surface area is 107 Å². The molecule has 1 aliphatic heterocycles. The number of benzene rings is 1. The zero-order chi connectivity index (χ0) is 12.2. The summed E-state index contributed by atoms with van der Waals surface area (Å²) in [5, 5.41) is 0. The highest BCUT2D eigenvalue weighted by molar-refractivity contribution is 6.01. The van der Waals surface area contributed by atoms with Gasteiger partial charge in [0.15, 0.2) is 0 Å². The van der Waals surface area contributed by atoms with Crippen molar-refractivity contribution in [2.75, 3.05) is 6.54 Å². The van der Waals surface area contributed by atoms with E-state index in [-0.39, 0.29) is 0 Å². The average Bonchev–Trinajstić information content (AvgIpc) is 2.49. The third kappa shape index (κ3) is 2.33. The number of aliphatic imine (C=N–C) groups is 1. The summed E-state index contributed by atoms with van der Waals surface area (Å²) < 4.78 is 0. The van der Waals surface area contributed by atoms with E-state index < -0.39 is 0 Å². The van der Waals surface area contributed by atoms with Gasteiger partial charge in [-0.25, -0.2) is 0 Å². The van der Waals surface area contributed by atoms with Crippen LogP contribution in [0.5, 0.6) is 0 Å². The molecule has 0 aliphatic carbocycles. The van der Waals surface area contributed by atoms with Gasteiger partial charge >= 0.3 is 0 Å². The molecule has 2 heteroatoms. The van der Waals surface area contributed by atoms with E-state index in [1.165, 1.54) is 35.2 Å². The molecule has 0 atom stereocenters. The van der Waals surface area contributed by atoms with Gasteiger partial charge in [-0.2, -0.15) is 0 Å². The van der Waals surface area contributed by atoms with E-state index in [4.69, 9.17) is 0 Å². The molecule has 2 aromatic rings. The van der Waals surface area contributed by atoms with E-state index in [0.29, 0.717) is 0 Å². The fourth-order valence-electron chi connectivity index (χ4n) is 2.32. The predicted octanol–water partition coefficient (Wildman–Crippen LogP) is 3.72. The Balaban J connectivity index is 1.97. The van der Waals surface area contributed by atoms with Crippen LogP contribution < -0.4 is 0 Å². The van der Waals surface area contributed by atoms with Crippen LogP contribution in [0.2, 0.25) is 0 Å². The molecule has 0 N–H and O–H groups in total. The Morgan fingerprint density at radius 3 is 2.44 bits per heavy atom. The zero-order valence-corrected chi connectivity index (χ0v) is 10.3. The lowest BCUT2D eigenvalue weighted by atomic mass is 10.00. The maximum absolute atomic E-state index is 4.61. The van der Waals surface area contributed by atoms with Gasteiger partial charge in [0.1, 0.15) is 0 Å². The summed E-state index contributed by atoms with van der Waals surface area (Å²) in [6.45, 7) is 0.963. The smallest absolute Gasteiger partial charge is 0.0436 e. The fourth-order valence-corrected chi connectivity index (χ4v) is 2.32. The Morgan fingerprint density at radius 1 is 0.833 bits per heavy atom. The molecule has 2 nitrogen and oxygen atoms in total. The van der Waals surface area contributed by atoms with Gasteiger partial charge in [0.25, 0.3) is 0 Å². The second-order valence-electron chi connectivity index (χ2n) is 4.61. The van der Waals surface area contributed by atoms with E-state index in [9.17, 15) is 0 Å². The highest BCUT2D eigenvalue weighted by atomic mass is 14.8. The monoisotopic (exact) mass is 236 g/mol. The summed E-state index contributed by atoms with van der Waals surface area (Å²) >= 11 is 0. The minimum Gasteiger partial charge on any atom is -0.289 e. The largest absolute Gasteiger partial charge is 0.289 e. The van der Waals surface area contributed by atoms with Crippen molar-refractivity contribution in [3.05, 3.63) is 54.4 Å². The number of nitrogens with zero attached hydrogens (tertiary/aromatic N) is 2. The maximum Gasteiger partial charge on any atom is 0.0436 e. The fraction of sp³-hybridized carbons (Fsp3) is 0.250. The molecule has 2 heterocycles. The van der Waals surface area contributed by atoms with Gasteiger partial charge in [-0.1, -0.05) is 30.3 Å². The van der Waals surface area contributed by atoms with Gasteiger partial charge in [0.2, 0.25) is 0 Å². The maximum atomic E-state index is 4.61. The number of rotatable bonds is 2. The molecular formula is C16H16N2. The van der Waals surface area contributed by atoms with Crippen molar-refractivity contribution in [3.63, 3.8) is 0 Å². The van der Waals surface area contributed by atoms with Crippen LogP contribution in [0.1, 0.15) is 24.8 Å². The minimum atomic E-state index is 0.963. The first kappa shape index (κ1) is 11.1. The number of aromatic nitrogens is 1. The molecule has 0 saturated heterocycles. The third-order valence-electron chi connectivity index (χ3n) is 3.30. The second kappa shape index (κ2) is 5.13. The normalized spacial score (nSPS) is 15.2. The second-order valence-corrected chi connectivity index (χ2v) is 4.61. The van der Waals surface area contributed by atoms with Crippen LogP contribution >= 0.6 is 0 Å². The molecule has 90 valence electrons. The van der Waals surface area contributed by atoms with Crippen molar-refractivity contribution in [2.24, 2.45) is 4.99 Å².